The molecule has 0 atom stereocenters. The first-order valence-corrected chi connectivity index (χ1v) is 7.18. The van der Waals surface area contributed by atoms with Gasteiger partial charge in [-0.05, 0) is 42.5 Å². The van der Waals surface area contributed by atoms with Gasteiger partial charge in [-0.3, -0.25) is 10.2 Å². The minimum Gasteiger partial charge on any atom is -0.497 e. The molecule has 0 saturated carbocycles. The Bertz CT molecular complexity index is 796. The van der Waals surface area contributed by atoms with Crippen LogP contribution < -0.4 is 10.2 Å². The Morgan fingerprint density at radius 2 is 1.91 bits per heavy atom. The quantitative estimate of drug-likeness (QED) is 0.500. The molecule has 0 aliphatic rings. The molecule has 7 heteroatoms. The van der Waals surface area contributed by atoms with Crippen LogP contribution in [0.15, 0.2) is 47.6 Å². The van der Waals surface area contributed by atoms with Crippen LogP contribution in [0.5, 0.6) is 5.75 Å². The fraction of sp³-hybridized carbons (Fsp3) is 0.0625. The number of rotatable bonds is 5. The van der Waals surface area contributed by atoms with Crippen LogP contribution in [0.25, 0.3) is 0 Å². The molecule has 0 saturated heterocycles. The minimum absolute atomic E-state index is 0.291. The lowest BCUT2D eigenvalue weighted by molar-refractivity contribution is 0.106. The van der Waals surface area contributed by atoms with E-state index in [0.717, 1.165) is 0 Å². The second kappa shape index (κ2) is 7.63. The van der Waals surface area contributed by atoms with Crippen LogP contribution in [0.1, 0.15) is 10.4 Å². The van der Waals surface area contributed by atoms with Crippen LogP contribution in [0.2, 0.25) is 10.0 Å². The molecule has 0 spiro atoms. The van der Waals surface area contributed by atoms with Gasteiger partial charge in [0, 0.05) is 10.6 Å². The molecule has 5 nitrogen and oxygen atoms in total. The molecule has 0 heterocycles. The van der Waals surface area contributed by atoms with E-state index in [9.17, 15) is 4.79 Å². The van der Waals surface area contributed by atoms with Crippen molar-refractivity contribution in [2.45, 2.75) is 0 Å². The summed E-state index contributed by atoms with van der Waals surface area (Å²) >= 11 is 11.8. The monoisotopic (exact) mass is 347 g/mol. The number of Topliss-reactive ketones (excluding diaryl/α,β-unsaturated/α-hetero) is 1. The molecule has 2 rings (SSSR count). The third-order valence-corrected chi connectivity index (χ3v) is 3.44. The number of carbonyl (C=O) groups excluding carboxylic acids is 1. The Balaban J connectivity index is 2.20. The highest BCUT2D eigenvalue weighted by molar-refractivity contribution is 6.51. The Kier molecular flexibility index (Phi) is 5.58. The predicted molar refractivity (Wildman–Crippen MR) is 90.5 cm³/mol. The van der Waals surface area contributed by atoms with E-state index in [1.165, 1.54) is 13.2 Å². The van der Waals surface area contributed by atoms with Crippen LogP contribution in [-0.4, -0.2) is 18.6 Å². The Morgan fingerprint density at radius 3 is 2.48 bits per heavy atom. The minimum atomic E-state index is -0.507. The number of nitrogens with zero attached hydrogens (tertiary/aromatic N) is 2. The highest BCUT2D eigenvalue weighted by atomic mass is 35.5. The molecule has 2 aromatic carbocycles. The van der Waals surface area contributed by atoms with Gasteiger partial charge < -0.3 is 4.74 Å². The summed E-state index contributed by atoms with van der Waals surface area (Å²) in [5.41, 5.74) is 3.07. The average Bonchev–Trinajstić information content (AvgIpc) is 2.57. The molecule has 0 radical (unpaired) electrons. The van der Waals surface area contributed by atoms with Crippen molar-refractivity contribution in [2.75, 3.05) is 12.5 Å². The number of hydrazone groups is 1. The lowest BCUT2D eigenvalue weighted by Gasteiger charge is -2.05. The number of ether oxygens (including phenoxy) is 1. The summed E-state index contributed by atoms with van der Waals surface area (Å²) in [6.45, 7) is 0. The van der Waals surface area contributed by atoms with Gasteiger partial charge in [0.25, 0.3) is 0 Å². The van der Waals surface area contributed by atoms with E-state index in [1.807, 2.05) is 0 Å². The van der Waals surface area contributed by atoms with Crippen molar-refractivity contribution in [3.05, 3.63) is 58.1 Å². The normalized spacial score (nSPS) is 10.8. The molecule has 0 aliphatic heterocycles. The van der Waals surface area contributed by atoms with Gasteiger partial charge in [0.15, 0.2) is 0 Å². The molecule has 0 amide bonds. The number of hydrogen-bond acceptors (Lipinski definition) is 5. The Hall–Kier alpha value is -2.55. The van der Waals surface area contributed by atoms with Crippen molar-refractivity contribution in [2.24, 2.45) is 5.10 Å². The number of hydrogen-bond donors (Lipinski definition) is 1. The largest absolute Gasteiger partial charge is 0.497 e. The molecule has 23 heavy (non-hydrogen) atoms. The van der Waals surface area contributed by atoms with Gasteiger partial charge in [0.05, 0.1) is 17.8 Å². The van der Waals surface area contributed by atoms with E-state index in [0.29, 0.717) is 27.0 Å². The van der Waals surface area contributed by atoms with Crippen molar-refractivity contribution < 1.29 is 9.53 Å². The zero-order valence-electron chi connectivity index (χ0n) is 12.0. The zero-order chi connectivity index (χ0) is 16.8. The molecule has 0 aliphatic carbocycles. The van der Waals surface area contributed by atoms with Gasteiger partial charge in [0.2, 0.25) is 11.5 Å². The topological polar surface area (TPSA) is 74.5 Å². The first-order valence-electron chi connectivity index (χ1n) is 6.42. The number of ketones is 1. The molecule has 0 fully saturated rings. The van der Waals surface area contributed by atoms with Crippen molar-refractivity contribution in [1.82, 2.24) is 0 Å². The smallest absolute Gasteiger partial charge is 0.223 e. The molecule has 0 bridgehead atoms. The second-order valence-corrected chi connectivity index (χ2v) is 5.21. The number of halogens is 2. The molecule has 1 N–H and O–H groups in total. The summed E-state index contributed by atoms with van der Waals surface area (Å²) in [4.78, 5) is 12.2. The molecule has 0 aromatic heterocycles. The summed E-state index contributed by atoms with van der Waals surface area (Å²) in [5, 5.41) is 13.7. The van der Waals surface area contributed by atoms with Gasteiger partial charge in [0.1, 0.15) is 11.8 Å². The lowest BCUT2D eigenvalue weighted by Crippen LogP contribution is -2.14. The second-order valence-electron chi connectivity index (χ2n) is 4.37. The first-order chi connectivity index (χ1) is 11.0. The third-order valence-electron chi connectivity index (χ3n) is 2.89. The standard InChI is InChI=1S/C16H11Cl2N3O2/c1-23-12-5-2-10(3-6-12)16(22)15(9-19)21-20-14-7-4-11(17)8-13(14)18/h2-8,20H,1H3/b21-15+. The van der Waals surface area contributed by atoms with Crippen LogP contribution >= 0.6 is 23.2 Å². The number of benzene rings is 2. The maximum Gasteiger partial charge on any atom is 0.223 e. The summed E-state index contributed by atoms with van der Waals surface area (Å²) < 4.78 is 5.02. The summed E-state index contributed by atoms with van der Waals surface area (Å²) in [5.74, 6) is 0.107. The Morgan fingerprint density at radius 1 is 1.22 bits per heavy atom. The predicted octanol–water partition coefficient (Wildman–Crippen LogP) is 4.18. The van der Waals surface area contributed by atoms with Crippen molar-refractivity contribution >= 4 is 40.4 Å². The summed E-state index contributed by atoms with van der Waals surface area (Å²) in [6, 6.07) is 12.9. The van der Waals surface area contributed by atoms with Crippen molar-refractivity contribution in [3.63, 3.8) is 0 Å². The molecule has 2 aromatic rings. The van der Waals surface area contributed by atoms with E-state index in [1.54, 1.807) is 42.5 Å². The van der Waals surface area contributed by atoms with Gasteiger partial charge in [-0.2, -0.15) is 10.4 Å². The number of nitrogens with one attached hydrogen (secondary N) is 1. The van der Waals surface area contributed by atoms with E-state index in [-0.39, 0.29) is 5.71 Å². The van der Waals surface area contributed by atoms with Crippen LogP contribution in [0.3, 0.4) is 0 Å². The number of nitriles is 1. The maximum atomic E-state index is 12.2. The van der Waals surface area contributed by atoms with E-state index < -0.39 is 5.78 Å². The first kappa shape index (κ1) is 16.8. The lowest BCUT2D eigenvalue weighted by atomic mass is 10.1. The van der Waals surface area contributed by atoms with Crippen LogP contribution in [-0.2, 0) is 0 Å². The van der Waals surface area contributed by atoms with E-state index in [4.69, 9.17) is 33.2 Å². The number of anilines is 1. The van der Waals surface area contributed by atoms with E-state index >= 15 is 0 Å². The van der Waals surface area contributed by atoms with Gasteiger partial charge in [-0.15, -0.1) is 0 Å². The Labute approximate surface area is 143 Å². The highest BCUT2D eigenvalue weighted by Gasteiger charge is 2.14. The van der Waals surface area contributed by atoms with Gasteiger partial charge >= 0.3 is 0 Å². The van der Waals surface area contributed by atoms with Crippen molar-refractivity contribution in [1.29, 1.82) is 5.26 Å². The van der Waals surface area contributed by atoms with Gasteiger partial charge in [-0.25, -0.2) is 0 Å². The maximum absolute atomic E-state index is 12.2. The van der Waals surface area contributed by atoms with Crippen LogP contribution in [0.4, 0.5) is 5.69 Å². The summed E-state index contributed by atoms with van der Waals surface area (Å²) in [6.07, 6.45) is 0. The molecular formula is C16H11Cl2N3O2. The highest BCUT2D eigenvalue weighted by Crippen LogP contribution is 2.25. The zero-order valence-corrected chi connectivity index (χ0v) is 13.5. The van der Waals surface area contributed by atoms with Crippen molar-refractivity contribution in [3.8, 4) is 11.8 Å². The molecule has 116 valence electrons. The average molecular weight is 348 g/mol. The fourth-order valence-electron chi connectivity index (χ4n) is 1.70. The van der Waals surface area contributed by atoms with Gasteiger partial charge in [-0.1, -0.05) is 23.2 Å². The third kappa shape index (κ3) is 4.22. The molecular weight excluding hydrogens is 337 g/mol. The van der Waals surface area contributed by atoms with Crippen LogP contribution in [0, 0.1) is 11.3 Å². The SMILES string of the molecule is COc1ccc(C(=O)/C(C#N)=N/Nc2ccc(Cl)cc2Cl)cc1. The number of carbonyl (C=O) groups is 1. The number of methoxy groups -OCH3 is 1. The molecule has 0 unspecified atom stereocenters. The fourth-order valence-corrected chi connectivity index (χ4v) is 2.15. The summed E-state index contributed by atoms with van der Waals surface area (Å²) in [7, 11) is 1.53. The van der Waals surface area contributed by atoms with E-state index in [2.05, 4.69) is 10.5 Å².